The predicted octanol–water partition coefficient (Wildman–Crippen LogP) is 3.58. The third-order valence-electron chi connectivity index (χ3n) is 2.81. The van der Waals surface area contributed by atoms with Gasteiger partial charge in [-0.2, -0.15) is 0 Å². The summed E-state index contributed by atoms with van der Waals surface area (Å²) in [6.45, 7) is 0. The Morgan fingerprint density at radius 2 is 2.27 bits per heavy atom. The zero-order chi connectivity index (χ0) is 10.7. The van der Waals surface area contributed by atoms with Crippen LogP contribution in [0, 0.1) is 5.92 Å². The third-order valence-corrected chi connectivity index (χ3v) is 3.30. The molecule has 1 aliphatic rings. The molecule has 0 saturated heterocycles. The molecule has 0 bridgehead atoms. The highest BCUT2D eigenvalue weighted by molar-refractivity contribution is 9.10. The summed E-state index contributed by atoms with van der Waals surface area (Å²) in [6, 6.07) is 7.69. The van der Waals surface area contributed by atoms with Crippen molar-refractivity contribution in [1.29, 1.82) is 0 Å². The first-order valence-electron chi connectivity index (χ1n) is 5.29. The smallest absolute Gasteiger partial charge is 0.224 e. The van der Waals surface area contributed by atoms with E-state index in [1.807, 2.05) is 24.3 Å². The molecule has 80 valence electrons. The Balaban J connectivity index is 1.87. The van der Waals surface area contributed by atoms with Gasteiger partial charge in [0.1, 0.15) is 0 Å². The van der Waals surface area contributed by atoms with Gasteiger partial charge >= 0.3 is 0 Å². The number of nitrogens with one attached hydrogen (secondary N) is 1. The number of hydrogen-bond donors (Lipinski definition) is 1. The highest BCUT2D eigenvalue weighted by Gasteiger charge is 2.20. The van der Waals surface area contributed by atoms with Crippen LogP contribution in [-0.2, 0) is 4.79 Å². The molecule has 1 fully saturated rings. The maximum absolute atomic E-state index is 11.6. The summed E-state index contributed by atoms with van der Waals surface area (Å²) in [7, 11) is 0. The van der Waals surface area contributed by atoms with Gasteiger partial charge < -0.3 is 5.32 Å². The predicted molar refractivity (Wildman–Crippen MR) is 64.7 cm³/mol. The molecule has 0 spiro atoms. The van der Waals surface area contributed by atoms with Crippen molar-refractivity contribution in [2.45, 2.75) is 25.7 Å². The van der Waals surface area contributed by atoms with Gasteiger partial charge in [0, 0.05) is 16.6 Å². The number of hydrogen-bond acceptors (Lipinski definition) is 1. The van der Waals surface area contributed by atoms with Crippen LogP contribution in [0.2, 0.25) is 0 Å². The van der Waals surface area contributed by atoms with Gasteiger partial charge in [0.2, 0.25) is 5.91 Å². The molecular weight excluding hydrogens is 254 g/mol. The zero-order valence-electron chi connectivity index (χ0n) is 8.50. The lowest BCUT2D eigenvalue weighted by molar-refractivity contribution is -0.117. The first kappa shape index (κ1) is 10.7. The van der Waals surface area contributed by atoms with E-state index in [0.29, 0.717) is 12.3 Å². The summed E-state index contributed by atoms with van der Waals surface area (Å²) in [5.41, 5.74) is 0.869. The summed E-state index contributed by atoms with van der Waals surface area (Å²) in [5.74, 6) is 0.759. The molecule has 1 N–H and O–H groups in total. The van der Waals surface area contributed by atoms with E-state index >= 15 is 0 Å². The summed E-state index contributed by atoms with van der Waals surface area (Å²) in [5, 5.41) is 2.91. The van der Waals surface area contributed by atoms with Crippen molar-refractivity contribution in [2.75, 3.05) is 5.32 Å². The fraction of sp³-hybridized carbons (Fsp3) is 0.417. The molecule has 1 saturated carbocycles. The van der Waals surface area contributed by atoms with Crippen LogP contribution in [0.5, 0.6) is 0 Å². The van der Waals surface area contributed by atoms with Gasteiger partial charge in [-0.15, -0.1) is 0 Å². The van der Waals surface area contributed by atoms with Crippen molar-refractivity contribution < 1.29 is 4.79 Å². The van der Waals surface area contributed by atoms with E-state index in [0.717, 1.165) is 10.2 Å². The Hall–Kier alpha value is -0.830. The van der Waals surface area contributed by atoms with E-state index < -0.39 is 0 Å². The largest absolute Gasteiger partial charge is 0.326 e. The van der Waals surface area contributed by atoms with Crippen LogP contribution in [0.3, 0.4) is 0 Å². The number of benzene rings is 1. The Morgan fingerprint density at radius 3 is 2.87 bits per heavy atom. The van der Waals surface area contributed by atoms with Gasteiger partial charge in [0.15, 0.2) is 0 Å². The minimum atomic E-state index is 0.137. The molecule has 3 heteroatoms. The molecule has 1 aromatic rings. The molecule has 0 unspecified atom stereocenters. The van der Waals surface area contributed by atoms with Gasteiger partial charge in [0.25, 0.3) is 0 Å². The first-order valence-corrected chi connectivity index (χ1v) is 6.09. The van der Waals surface area contributed by atoms with Gasteiger partial charge in [-0.3, -0.25) is 4.79 Å². The average molecular weight is 268 g/mol. The van der Waals surface area contributed by atoms with Crippen LogP contribution < -0.4 is 5.32 Å². The van der Waals surface area contributed by atoms with Crippen molar-refractivity contribution in [1.82, 2.24) is 0 Å². The average Bonchev–Trinajstić information content (AvgIpc) is 2.11. The molecule has 1 aliphatic carbocycles. The summed E-state index contributed by atoms with van der Waals surface area (Å²) in [4.78, 5) is 11.6. The molecule has 2 nitrogen and oxygen atoms in total. The molecule has 0 radical (unpaired) electrons. The van der Waals surface area contributed by atoms with Crippen molar-refractivity contribution >= 4 is 27.5 Å². The number of carbonyl (C=O) groups excluding carboxylic acids is 1. The van der Waals surface area contributed by atoms with E-state index in [1.165, 1.54) is 19.3 Å². The summed E-state index contributed by atoms with van der Waals surface area (Å²) >= 11 is 3.38. The third kappa shape index (κ3) is 3.06. The number of anilines is 1. The maximum Gasteiger partial charge on any atom is 0.224 e. The zero-order valence-corrected chi connectivity index (χ0v) is 10.1. The van der Waals surface area contributed by atoms with Crippen molar-refractivity contribution in [3.8, 4) is 0 Å². The van der Waals surface area contributed by atoms with Crippen LogP contribution in [0.1, 0.15) is 25.7 Å². The Kier molecular flexibility index (Phi) is 3.41. The van der Waals surface area contributed by atoms with E-state index in [4.69, 9.17) is 0 Å². The lowest BCUT2D eigenvalue weighted by Crippen LogP contribution is -2.20. The highest BCUT2D eigenvalue weighted by Crippen LogP contribution is 2.29. The number of halogens is 1. The molecule has 0 aliphatic heterocycles. The van der Waals surface area contributed by atoms with Gasteiger partial charge in [-0.1, -0.05) is 28.4 Å². The standard InChI is InChI=1S/C12H14BrNO/c13-10-5-2-6-11(8-10)14-12(15)7-9-3-1-4-9/h2,5-6,8-9H,1,3-4,7H2,(H,14,15). The minimum Gasteiger partial charge on any atom is -0.326 e. The minimum absolute atomic E-state index is 0.137. The molecule has 0 aromatic heterocycles. The fourth-order valence-corrected chi connectivity index (χ4v) is 2.14. The lowest BCUT2D eigenvalue weighted by Gasteiger charge is -2.24. The Labute approximate surface area is 98.2 Å². The van der Waals surface area contributed by atoms with E-state index in [2.05, 4.69) is 21.2 Å². The van der Waals surface area contributed by atoms with Gasteiger partial charge in [-0.25, -0.2) is 0 Å². The lowest BCUT2D eigenvalue weighted by atomic mass is 9.83. The quantitative estimate of drug-likeness (QED) is 0.891. The summed E-state index contributed by atoms with van der Waals surface area (Å²) in [6.07, 6.45) is 4.39. The van der Waals surface area contributed by atoms with Crippen LogP contribution in [0.15, 0.2) is 28.7 Å². The summed E-state index contributed by atoms with van der Waals surface area (Å²) < 4.78 is 0.990. The van der Waals surface area contributed by atoms with Crippen LogP contribution >= 0.6 is 15.9 Å². The van der Waals surface area contributed by atoms with Crippen LogP contribution in [0.25, 0.3) is 0 Å². The molecule has 2 rings (SSSR count). The maximum atomic E-state index is 11.6. The second-order valence-corrected chi connectivity index (χ2v) is 4.98. The van der Waals surface area contributed by atoms with Crippen LogP contribution in [-0.4, -0.2) is 5.91 Å². The van der Waals surface area contributed by atoms with E-state index in [1.54, 1.807) is 0 Å². The SMILES string of the molecule is O=C(CC1CCC1)Nc1cccc(Br)c1. The highest BCUT2D eigenvalue weighted by atomic mass is 79.9. The molecule has 1 amide bonds. The Bertz CT molecular complexity index is 360. The van der Waals surface area contributed by atoms with E-state index in [-0.39, 0.29) is 5.91 Å². The second kappa shape index (κ2) is 4.79. The van der Waals surface area contributed by atoms with Gasteiger partial charge in [0.05, 0.1) is 0 Å². The van der Waals surface area contributed by atoms with Gasteiger partial charge in [-0.05, 0) is 37.0 Å². The van der Waals surface area contributed by atoms with Crippen molar-refractivity contribution in [3.05, 3.63) is 28.7 Å². The molecule has 1 aromatic carbocycles. The monoisotopic (exact) mass is 267 g/mol. The first-order chi connectivity index (χ1) is 7.24. The number of carbonyl (C=O) groups is 1. The molecular formula is C12H14BrNO. The van der Waals surface area contributed by atoms with Crippen molar-refractivity contribution in [3.63, 3.8) is 0 Å². The molecule has 0 atom stereocenters. The Morgan fingerprint density at radius 1 is 1.47 bits per heavy atom. The number of amides is 1. The fourth-order valence-electron chi connectivity index (χ4n) is 1.74. The topological polar surface area (TPSA) is 29.1 Å². The number of rotatable bonds is 3. The second-order valence-electron chi connectivity index (χ2n) is 4.06. The van der Waals surface area contributed by atoms with E-state index in [9.17, 15) is 4.79 Å². The van der Waals surface area contributed by atoms with Crippen molar-refractivity contribution in [2.24, 2.45) is 5.92 Å². The molecule has 0 heterocycles. The molecule has 15 heavy (non-hydrogen) atoms. The van der Waals surface area contributed by atoms with Crippen LogP contribution in [0.4, 0.5) is 5.69 Å². The normalized spacial score (nSPS) is 15.8.